The van der Waals surface area contributed by atoms with Crippen molar-refractivity contribution in [1.29, 1.82) is 0 Å². The average Bonchev–Trinajstić information content (AvgIpc) is 2.56. The van der Waals surface area contributed by atoms with Gasteiger partial charge in [-0.05, 0) is 31.6 Å². The van der Waals surface area contributed by atoms with Crippen LogP contribution in [-0.4, -0.2) is 18.8 Å². The molecule has 3 atom stereocenters. The number of hydrogen-bond acceptors (Lipinski definition) is 2. The zero-order valence-electron chi connectivity index (χ0n) is 8.63. The molecule has 0 heterocycles. The summed E-state index contributed by atoms with van der Waals surface area (Å²) in [5.41, 5.74) is 6.04. The van der Waals surface area contributed by atoms with Crippen molar-refractivity contribution < 1.29 is 4.74 Å². The Balaban J connectivity index is 2.46. The predicted molar refractivity (Wildman–Crippen MR) is 51.0 cm³/mol. The van der Waals surface area contributed by atoms with Crippen LogP contribution in [0.3, 0.4) is 0 Å². The van der Waals surface area contributed by atoms with E-state index in [0.29, 0.717) is 18.1 Å². The Morgan fingerprint density at radius 2 is 2.08 bits per heavy atom. The van der Waals surface area contributed by atoms with Crippen LogP contribution in [0.1, 0.15) is 34.1 Å². The first-order valence-corrected chi connectivity index (χ1v) is 4.86. The van der Waals surface area contributed by atoms with E-state index >= 15 is 0 Å². The van der Waals surface area contributed by atoms with Gasteiger partial charge in [-0.3, -0.25) is 0 Å². The molecule has 1 aliphatic rings. The van der Waals surface area contributed by atoms with E-state index < -0.39 is 0 Å². The van der Waals surface area contributed by atoms with Gasteiger partial charge < -0.3 is 10.5 Å². The summed E-state index contributed by atoms with van der Waals surface area (Å²) >= 11 is 0. The van der Waals surface area contributed by atoms with E-state index in [-0.39, 0.29) is 6.10 Å². The highest BCUT2D eigenvalue weighted by Crippen LogP contribution is 2.55. The molecule has 0 aliphatic heterocycles. The molecule has 1 aliphatic carbocycles. The summed E-state index contributed by atoms with van der Waals surface area (Å²) in [6.45, 7) is 9.33. The minimum Gasteiger partial charge on any atom is -0.374 e. The van der Waals surface area contributed by atoms with Crippen LogP contribution in [0, 0.1) is 11.3 Å². The molecule has 0 amide bonds. The highest BCUT2D eigenvalue weighted by Gasteiger charge is 2.52. The van der Waals surface area contributed by atoms with Gasteiger partial charge in [0, 0.05) is 6.54 Å². The van der Waals surface area contributed by atoms with Gasteiger partial charge in [-0.1, -0.05) is 13.8 Å². The van der Waals surface area contributed by atoms with Gasteiger partial charge in [-0.25, -0.2) is 0 Å². The summed E-state index contributed by atoms with van der Waals surface area (Å²) < 4.78 is 5.77. The smallest absolute Gasteiger partial charge is 0.0756 e. The standard InChI is InChI=1S/C10H21NO/c1-7(2)12-9(6-11)10(4)5-8(10)3/h7-9H,5-6,11H2,1-4H3. The Bertz CT molecular complexity index is 158. The highest BCUT2D eigenvalue weighted by atomic mass is 16.5. The molecule has 0 saturated heterocycles. The molecule has 1 rings (SSSR count). The van der Waals surface area contributed by atoms with Crippen LogP contribution in [0.25, 0.3) is 0 Å². The first kappa shape index (κ1) is 10.0. The lowest BCUT2D eigenvalue weighted by molar-refractivity contribution is -0.0286. The summed E-state index contributed by atoms with van der Waals surface area (Å²) in [7, 11) is 0. The van der Waals surface area contributed by atoms with E-state index in [0.717, 1.165) is 5.92 Å². The largest absolute Gasteiger partial charge is 0.374 e. The van der Waals surface area contributed by atoms with Crippen LogP contribution in [0.15, 0.2) is 0 Å². The SMILES string of the molecule is CC(C)OC(CN)C1(C)CC1C. The summed E-state index contributed by atoms with van der Waals surface area (Å²) in [6, 6.07) is 0. The van der Waals surface area contributed by atoms with Gasteiger partial charge in [0.15, 0.2) is 0 Å². The van der Waals surface area contributed by atoms with Crippen LogP contribution >= 0.6 is 0 Å². The lowest BCUT2D eigenvalue weighted by Gasteiger charge is -2.25. The molecular formula is C10H21NO. The monoisotopic (exact) mass is 171 g/mol. The molecule has 0 aromatic heterocycles. The van der Waals surface area contributed by atoms with Gasteiger partial charge in [0.2, 0.25) is 0 Å². The molecule has 12 heavy (non-hydrogen) atoms. The van der Waals surface area contributed by atoms with Crippen LogP contribution in [-0.2, 0) is 4.74 Å². The van der Waals surface area contributed by atoms with E-state index in [9.17, 15) is 0 Å². The zero-order valence-corrected chi connectivity index (χ0v) is 8.63. The van der Waals surface area contributed by atoms with Crippen LogP contribution in [0.5, 0.6) is 0 Å². The van der Waals surface area contributed by atoms with Gasteiger partial charge in [0.1, 0.15) is 0 Å². The molecule has 2 heteroatoms. The van der Waals surface area contributed by atoms with E-state index in [1.165, 1.54) is 6.42 Å². The lowest BCUT2D eigenvalue weighted by Crippen LogP contribution is -2.34. The molecule has 0 spiro atoms. The molecule has 72 valence electrons. The second-order valence-corrected chi connectivity index (χ2v) is 4.52. The fourth-order valence-corrected chi connectivity index (χ4v) is 1.86. The minimum absolute atomic E-state index is 0.257. The topological polar surface area (TPSA) is 35.2 Å². The van der Waals surface area contributed by atoms with Crippen molar-refractivity contribution in [3.05, 3.63) is 0 Å². The molecule has 2 nitrogen and oxygen atoms in total. The Hall–Kier alpha value is -0.0800. The Morgan fingerprint density at radius 1 is 1.58 bits per heavy atom. The van der Waals surface area contributed by atoms with Crippen molar-refractivity contribution >= 4 is 0 Å². The number of hydrogen-bond donors (Lipinski definition) is 1. The van der Waals surface area contributed by atoms with Gasteiger partial charge in [0.25, 0.3) is 0 Å². The molecule has 0 radical (unpaired) electrons. The van der Waals surface area contributed by atoms with E-state index in [1.807, 2.05) is 0 Å². The third-order valence-corrected chi connectivity index (χ3v) is 3.10. The maximum atomic E-state index is 5.77. The maximum absolute atomic E-state index is 5.77. The average molecular weight is 171 g/mol. The quantitative estimate of drug-likeness (QED) is 0.700. The van der Waals surface area contributed by atoms with E-state index in [4.69, 9.17) is 10.5 Å². The van der Waals surface area contributed by atoms with Crippen molar-refractivity contribution in [3.63, 3.8) is 0 Å². The van der Waals surface area contributed by atoms with Crippen molar-refractivity contribution in [3.8, 4) is 0 Å². The molecule has 0 aromatic rings. The molecule has 1 fully saturated rings. The minimum atomic E-state index is 0.257. The van der Waals surface area contributed by atoms with E-state index in [1.54, 1.807) is 0 Å². The van der Waals surface area contributed by atoms with Crippen molar-refractivity contribution in [2.75, 3.05) is 6.54 Å². The zero-order chi connectivity index (χ0) is 9.35. The van der Waals surface area contributed by atoms with Gasteiger partial charge in [0.05, 0.1) is 12.2 Å². The molecule has 2 N–H and O–H groups in total. The third kappa shape index (κ3) is 1.80. The van der Waals surface area contributed by atoms with Gasteiger partial charge in [-0.2, -0.15) is 0 Å². The van der Waals surface area contributed by atoms with Gasteiger partial charge >= 0.3 is 0 Å². The van der Waals surface area contributed by atoms with Crippen LogP contribution < -0.4 is 5.73 Å². The van der Waals surface area contributed by atoms with Crippen molar-refractivity contribution in [2.45, 2.75) is 46.3 Å². The van der Waals surface area contributed by atoms with Crippen LogP contribution in [0.4, 0.5) is 0 Å². The number of nitrogens with two attached hydrogens (primary N) is 1. The second-order valence-electron chi connectivity index (χ2n) is 4.52. The Labute approximate surface area is 75.5 Å². The predicted octanol–water partition coefficient (Wildman–Crippen LogP) is 1.78. The van der Waals surface area contributed by atoms with Crippen LogP contribution in [0.2, 0.25) is 0 Å². The summed E-state index contributed by atoms with van der Waals surface area (Å²) in [5, 5.41) is 0. The molecule has 0 aromatic carbocycles. The number of rotatable bonds is 4. The van der Waals surface area contributed by atoms with Crippen molar-refractivity contribution in [1.82, 2.24) is 0 Å². The Kier molecular flexibility index (Phi) is 2.79. The van der Waals surface area contributed by atoms with E-state index in [2.05, 4.69) is 27.7 Å². The Morgan fingerprint density at radius 3 is 2.33 bits per heavy atom. The second kappa shape index (κ2) is 3.35. The lowest BCUT2D eigenvalue weighted by atomic mass is 9.99. The fraction of sp³-hybridized carbons (Fsp3) is 1.00. The van der Waals surface area contributed by atoms with Gasteiger partial charge in [-0.15, -0.1) is 0 Å². The maximum Gasteiger partial charge on any atom is 0.0756 e. The molecular weight excluding hydrogens is 150 g/mol. The number of ether oxygens (including phenoxy) is 1. The molecule has 1 saturated carbocycles. The third-order valence-electron chi connectivity index (χ3n) is 3.10. The normalized spacial score (nSPS) is 37.0. The summed E-state index contributed by atoms with van der Waals surface area (Å²) in [6.07, 6.45) is 1.82. The van der Waals surface area contributed by atoms with Crippen molar-refractivity contribution in [2.24, 2.45) is 17.1 Å². The molecule has 3 unspecified atom stereocenters. The molecule has 0 bridgehead atoms. The first-order valence-electron chi connectivity index (χ1n) is 4.86. The fourth-order valence-electron chi connectivity index (χ4n) is 1.86. The first-order chi connectivity index (χ1) is 5.50. The summed E-state index contributed by atoms with van der Waals surface area (Å²) in [4.78, 5) is 0. The highest BCUT2D eigenvalue weighted by molar-refractivity contribution is 5.02. The summed E-state index contributed by atoms with van der Waals surface area (Å²) in [5.74, 6) is 0.782.